The molecule has 1 atom stereocenters. The lowest BCUT2D eigenvalue weighted by Crippen LogP contribution is -2.48. The Morgan fingerprint density at radius 1 is 1.47 bits per heavy atom. The van der Waals surface area contributed by atoms with Crippen molar-refractivity contribution in [1.82, 2.24) is 5.32 Å². The van der Waals surface area contributed by atoms with Gasteiger partial charge < -0.3 is 10.1 Å². The number of nitrogens with one attached hydrogen (secondary N) is 1. The van der Waals surface area contributed by atoms with Gasteiger partial charge in [0.1, 0.15) is 0 Å². The summed E-state index contributed by atoms with van der Waals surface area (Å²) in [5.41, 5.74) is -0.180. The van der Waals surface area contributed by atoms with E-state index in [2.05, 4.69) is 25.2 Å². The molecule has 0 aromatic heterocycles. The molecule has 0 amide bonds. The standard InChI is InChI=1S/C13H20ClNOS/c1-13(2,16-4)12(15-3)9-17-11-7-5-6-10(14)8-11/h5-8,12,15H,9H2,1-4H3. The molecular weight excluding hydrogens is 254 g/mol. The highest BCUT2D eigenvalue weighted by Crippen LogP contribution is 2.25. The second-order valence-electron chi connectivity index (χ2n) is 4.42. The third kappa shape index (κ3) is 4.51. The van der Waals surface area contributed by atoms with Crippen molar-refractivity contribution in [3.05, 3.63) is 29.3 Å². The van der Waals surface area contributed by atoms with Gasteiger partial charge >= 0.3 is 0 Å². The van der Waals surface area contributed by atoms with Crippen LogP contribution in [0.3, 0.4) is 0 Å². The van der Waals surface area contributed by atoms with Crippen molar-refractivity contribution in [2.45, 2.75) is 30.4 Å². The zero-order valence-electron chi connectivity index (χ0n) is 10.8. The van der Waals surface area contributed by atoms with Gasteiger partial charge in [0.25, 0.3) is 0 Å². The van der Waals surface area contributed by atoms with Crippen LogP contribution >= 0.6 is 23.4 Å². The van der Waals surface area contributed by atoms with Gasteiger partial charge in [-0.25, -0.2) is 0 Å². The van der Waals surface area contributed by atoms with Crippen molar-refractivity contribution in [1.29, 1.82) is 0 Å². The molecule has 2 nitrogen and oxygen atoms in total. The maximum atomic E-state index is 5.96. The Morgan fingerprint density at radius 3 is 2.71 bits per heavy atom. The number of ether oxygens (including phenoxy) is 1. The van der Waals surface area contributed by atoms with Gasteiger partial charge in [-0.1, -0.05) is 17.7 Å². The molecule has 1 rings (SSSR count). The van der Waals surface area contributed by atoms with E-state index in [1.165, 1.54) is 4.90 Å². The highest BCUT2D eigenvalue weighted by molar-refractivity contribution is 7.99. The van der Waals surface area contributed by atoms with Gasteiger partial charge in [0.05, 0.1) is 5.60 Å². The van der Waals surface area contributed by atoms with Gasteiger partial charge in [-0.3, -0.25) is 0 Å². The Morgan fingerprint density at radius 2 is 2.18 bits per heavy atom. The molecule has 1 N–H and O–H groups in total. The van der Waals surface area contributed by atoms with Crippen LogP contribution in [0.5, 0.6) is 0 Å². The Balaban J connectivity index is 2.59. The lowest BCUT2D eigenvalue weighted by molar-refractivity contribution is -0.00155. The molecule has 0 aliphatic rings. The second-order valence-corrected chi connectivity index (χ2v) is 5.95. The quantitative estimate of drug-likeness (QED) is 0.803. The van der Waals surface area contributed by atoms with Crippen LogP contribution in [0.25, 0.3) is 0 Å². The highest BCUT2D eigenvalue weighted by atomic mass is 35.5. The van der Waals surface area contributed by atoms with E-state index in [0.717, 1.165) is 10.8 Å². The van der Waals surface area contributed by atoms with E-state index in [4.69, 9.17) is 16.3 Å². The van der Waals surface area contributed by atoms with Gasteiger partial charge in [0, 0.05) is 28.8 Å². The molecule has 0 saturated carbocycles. The summed E-state index contributed by atoms with van der Waals surface area (Å²) in [5.74, 6) is 0.942. The Kier molecular flexibility index (Phi) is 5.80. The van der Waals surface area contributed by atoms with Crippen molar-refractivity contribution < 1.29 is 4.74 Å². The number of likely N-dealkylation sites (N-methyl/N-ethyl adjacent to an activating group) is 1. The van der Waals surface area contributed by atoms with Crippen LogP contribution in [0.2, 0.25) is 5.02 Å². The predicted octanol–water partition coefficient (Wildman–Crippen LogP) is 3.45. The van der Waals surface area contributed by atoms with E-state index in [1.54, 1.807) is 18.9 Å². The fourth-order valence-electron chi connectivity index (χ4n) is 1.51. The van der Waals surface area contributed by atoms with Crippen LogP contribution in [0, 0.1) is 0 Å². The molecule has 0 bridgehead atoms. The van der Waals surface area contributed by atoms with E-state index < -0.39 is 0 Å². The Labute approximate surface area is 113 Å². The first-order valence-electron chi connectivity index (χ1n) is 5.60. The molecule has 1 unspecified atom stereocenters. The largest absolute Gasteiger partial charge is 0.377 e. The second kappa shape index (κ2) is 6.64. The van der Waals surface area contributed by atoms with Crippen LogP contribution < -0.4 is 5.32 Å². The number of hydrogen-bond donors (Lipinski definition) is 1. The first-order chi connectivity index (χ1) is 7.99. The van der Waals surface area contributed by atoms with Crippen molar-refractivity contribution in [3.63, 3.8) is 0 Å². The molecule has 1 aromatic rings. The smallest absolute Gasteiger partial charge is 0.0783 e. The van der Waals surface area contributed by atoms with Crippen LogP contribution in [-0.2, 0) is 4.74 Å². The lowest BCUT2D eigenvalue weighted by atomic mass is 10.0. The average molecular weight is 274 g/mol. The molecule has 0 radical (unpaired) electrons. The summed E-state index contributed by atoms with van der Waals surface area (Å²) in [6.07, 6.45) is 0. The molecule has 1 aromatic carbocycles. The SMILES string of the molecule is CNC(CSc1cccc(Cl)c1)C(C)(C)OC. The molecule has 17 heavy (non-hydrogen) atoms. The number of halogens is 1. The van der Waals surface area contributed by atoms with Gasteiger partial charge in [0.2, 0.25) is 0 Å². The number of methoxy groups -OCH3 is 1. The lowest BCUT2D eigenvalue weighted by Gasteiger charge is -2.32. The molecular formula is C13H20ClNOS. The number of hydrogen-bond acceptors (Lipinski definition) is 3. The first-order valence-corrected chi connectivity index (χ1v) is 6.96. The highest BCUT2D eigenvalue weighted by Gasteiger charge is 2.27. The normalized spacial score (nSPS) is 13.7. The summed E-state index contributed by atoms with van der Waals surface area (Å²) >= 11 is 7.74. The number of benzene rings is 1. The van der Waals surface area contributed by atoms with E-state index >= 15 is 0 Å². The summed E-state index contributed by atoms with van der Waals surface area (Å²) in [5, 5.41) is 4.08. The average Bonchev–Trinajstić information content (AvgIpc) is 2.29. The van der Waals surface area contributed by atoms with Gasteiger partial charge in [-0.15, -0.1) is 11.8 Å². The zero-order chi connectivity index (χ0) is 12.9. The van der Waals surface area contributed by atoms with Crippen LogP contribution in [-0.4, -0.2) is 31.6 Å². The minimum Gasteiger partial charge on any atom is -0.377 e. The van der Waals surface area contributed by atoms with Gasteiger partial charge in [0.15, 0.2) is 0 Å². The topological polar surface area (TPSA) is 21.3 Å². The van der Waals surface area contributed by atoms with Gasteiger partial charge in [-0.05, 0) is 39.1 Å². The summed E-state index contributed by atoms with van der Waals surface area (Å²) in [6.45, 7) is 4.18. The fraction of sp³-hybridized carbons (Fsp3) is 0.538. The summed E-state index contributed by atoms with van der Waals surface area (Å²) in [4.78, 5) is 1.18. The minimum absolute atomic E-state index is 0.180. The van der Waals surface area contributed by atoms with Crippen LogP contribution in [0.1, 0.15) is 13.8 Å². The molecule has 0 aliphatic carbocycles. The number of rotatable bonds is 6. The maximum absolute atomic E-state index is 5.96. The third-order valence-corrected chi connectivity index (χ3v) is 4.25. The monoisotopic (exact) mass is 273 g/mol. The predicted molar refractivity (Wildman–Crippen MR) is 76.1 cm³/mol. The van der Waals surface area contributed by atoms with Crippen LogP contribution in [0.15, 0.2) is 29.2 Å². The fourth-order valence-corrected chi connectivity index (χ4v) is 3.08. The molecule has 0 saturated heterocycles. The van der Waals surface area contributed by atoms with Crippen LogP contribution in [0.4, 0.5) is 0 Å². The Hall–Kier alpha value is -0.220. The summed E-state index contributed by atoms with van der Waals surface area (Å²) in [7, 11) is 3.71. The van der Waals surface area contributed by atoms with Crippen molar-refractivity contribution in [3.8, 4) is 0 Å². The maximum Gasteiger partial charge on any atom is 0.0783 e. The molecule has 0 aliphatic heterocycles. The van der Waals surface area contributed by atoms with E-state index in [0.29, 0.717) is 0 Å². The van der Waals surface area contributed by atoms with Gasteiger partial charge in [-0.2, -0.15) is 0 Å². The summed E-state index contributed by atoms with van der Waals surface area (Å²) < 4.78 is 5.50. The minimum atomic E-state index is -0.180. The van der Waals surface area contributed by atoms with Crippen molar-refractivity contribution in [2.75, 3.05) is 19.9 Å². The van der Waals surface area contributed by atoms with Crippen molar-refractivity contribution >= 4 is 23.4 Å². The molecule has 0 spiro atoms. The molecule has 0 heterocycles. The first kappa shape index (κ1) is 14.8. The Bertz CT molecular complexity index is 357. The number of thioether (sulfide) groups is 1. The zero-order valence-corrected chi connectivity index (χ0v) is 12.4. The molecule has 0 fully saturated rings. The molecule has 4 heteroatoms. The van der Waals surface area contributed by atoms with E-state index in [1.807, 2.05) is 25.2 Å². The molecule has 96 valence electrons. The third-order valence-electron chi connectivity index (χ3n) is 2.93. The van der Waals surface area contributed by atoms with Crippen molar-refractivity contribution in [2.24, 2.45) is 0 Å². The van der Waals surface area contributed by atoms with E-state index in [9.17, 15) is 0 Å². The van der Waals surface area contributed by atoms with E-state index in [-0.39, 0.29) is 11.6 Å². The summed E-state index contributed by atoms with van der Waals surface area (Å²) in [6, 6.07) is 8.21.